The van der Waals surface area contributed by atoms with Crippen LogP contribution in [0.15, 0.2) is 48.5 Å². The maximum Gasteiger partial charge on any atom is 0.337 e. The van der Waals surface area contributed by atoms with E-state index >= 15 is 0 Å². The Morgan fingerprint density at radius 2 is 1.62 bits per heavy atom. The van der Waals surface area contributed by atoms with Crippen molar-refractivity contribution in [1.82, 2.24) is 0 Å². The summed E-state index contributed by atoms with van der Waals surface area (Å²) in [6.07, 6.45) is 0.0407. The zero-order chi connectivity index (χ0) is 15.2. The molecule has 5 heteroatoms. The summed E-state index contributed by atoms with van der Waals surface area (Å²) in [6, 6.07) is 11.7. The number of methoxy groups -OCH3 is 1. The molecule has 0 aromatic heterocycles. The number of carbonyl (C=O) groups is 2. The summed E-state index contributed by atoms with van der Waals surface area (Å²) >= 11 is 0. The highest BCUT2D eigenvalue weighted by Gasteiger charge is 2.09. The Bertz CT molecular complexity index is 632. The van der Waals surface area contributed by atoms with E-state index in [1.165, 1.54) is 55.6 Å². The molecule has 0 bridgehead atoms. The Hall–Kier alpha value is -2.69. The van der Waals surface area contributed by atoms with Gasteiger partial charge in [-0.25, -0.2) is 9.18 Å². The van der Waals surface area contributed by atoms with E-state index in [0.717, 1.165) is 0 Å². The van der Waals surface area contributed by atoms with Crippen molar-refractivity contribution < 1.29 is 23.5 Å². The zero-order valence-corrected chi connectivity index (χ0v) is 11.3. The lowest BCUT2D eigenvalue weighted by Gasteiger charge is -2.05. The Kier molecular flexibility index (Phi) is 4.66. The quantitative estimate of drug-likeness (QED) is 0.641. The highest BCUT2D eigenvalue weighted by Crippen LogP contribution is 2.14. The first-order valence-electron chi connectivity index (χ1n) is 6.22. The van der Waals surface area contributed by atoms with E-state index in [9.17, 15) is 14.0 Å². The van der Waals surface area contributed by atoms with Crippen molar-refractivity contribution in [3.05, 3.63) is 65.5 Å². The molecule has 0 saturated heterocycles. The van der Waals surface area contributed by atoms with Crippen LogP contribution < -0.4 is 4.74 Å². The molecule has 0 fully saturated rings. The maximum absolute atomic E-state index is 12.7. The van der Waals surface area contributed by atoms with Gasteiger partial charge in [0, 0.05) is 0 Å². The molecule has 4 nitrogen and oxygen atoms in total. The molecule has 2 aromatic rings. The first-order chi connectivity index (χ1) is 10.1. The minimum absolute atomic E-state index is 0.0407. The van der Waals surface area contributed by atoms with Gasteiger partial charge in [0.05, 0.1) is 19.1 Å². The van der Waals surface area contributed by atoms with Gasteiger partial charge in [-0.15, -0.1) is 0 Å². The minimum Gasteiger partial charge on any atom is -0.465 e. The van der Waals surface area contributed by atoms with Crippen molar-refractivity contribution in [2.75, 3.05) is 7.11 Å². The Morgan fingerprint density at radius 1 is 1.00 bits per heavy atom. The third-order valence-corrected chi connectivity index (χ3v) is 2.77. The summed E-state index contributed by atoms with van der Waals surface area (Å²) in [4.78, 5) is 23.0. The van der Waals surface area contributed by atoms with E-state index in [1.54, 1.807) is 0 Å². The van der Waals surface area contributed by atoms with Crippen LogP contribution in [-0.4, -0.2) is 19.0 Å². The lowest BCUT2D eigenvalue weighted by molar-refractivity contribution is -0.133. The van der Waals surface area contributed by atoms with Crippen molar-refractivity contribution in [1.29, 1.82) is 0 Å². The van der Waals surface area contributed by atoms with Crippen LogP contribution in [0.4, 0.5) is 4.39 Å². The van der Waals surface area contributed by atoms with Crippen molar-refractivity contribution in [3.63, 3.8) is 0 Å². The van der Waals surface area contributed by atoms with Crippen LogP contribution in [0, 0.1) is 5.82 Å². The topological polar surface area (TPSA) is 52.6 Å². The van der Waals surface area contributed by atoms with Gasteiger partial charge < -0.3 is 9.47 Å². The smallest absolute Gasteiger partial charge is 0.337 e. The molecule has 0 aliphatic carbocycles. The molecule has 21 heavy (non-hydrogen) atoms. The van der Waals surface area contributed by atoms with Crippen molar-refractivity contribution in [2.24, 2.45) is 0 Å². The lowest BCUT2D eigenvalue weighted by atomic mass is 10.1. The molecule has 0 saturated carbocycles. The van der Waals surface area contributed by atoms with Crippen LogP contribution in [0.2, 0.25) is 0 Å². The number of esters is 2. The molecule has 2 aromatic carbocycles. The van der Waals surface area contributed by atoms with Gasteiger partial charge >= 0.3 is 11.9 Å². The monoisotopic (exact) mass is 288 g/mol. The fourth-order valence-corrected chi connectivity index (χ4v) is 1.71. The first-order valence-corrected chi connectivity index (χ1v) is 6.22. The van der Waals surface area contributed by atoms with Crippen LogP contribution in [-0.2, 0) is 16.0 Å². The number of benzene rings is 2. The largest absolute Gasteiger partial charge is 0.465 e. The number of rotatable bonds is 4. The second-order valence-electron chi connectivity index (χ2n) is 4.29. The van der Waals surface area contributed by atoms with Gasteiger partial charge in [0.1, 0.15) is 11.6 Å². The van der Waals surface area contributed by atoms with Gasteiger partial charge in [-0.1, -0.05) is 12.1 Å². The molecule has 0 unspecified atom stereocenters. The summed E-state index contributed by atoms with van der Waals surface area (Å²) in [7, 11) is 1.29. The molecule has 0 aliphatic rings. The Morgan fingerprint density at radius 3 is 2.19 bits per heavy atom. The highest BCUT2D eigenvalue weighted by atomic mass is 19.1. The van der Waals surface area contributed by atoms with Gasteiger partial charge in [-0.05, 0) is 42.0 Å². The minimum atomic E-state index is -0.465. The number of ether oxygens (including phenoxy) is 2. The van der Waals surface area contributed by atoms with Gasteiger partial charge in [0.25, 0.3) is 0 Å². The predicted octanol–water partition coefficient (Wildman–Crippen LogP) is 2.76. The summed E-state index contributed by atoms with van der Waals surface area (Å²) in [5.41, 5.74) is 1.03. The van der Waals surface area contributed by atoms with E-state index < -0.39 is 11.9 Å². The van der Waals surface area contributed by atoms with E-state index in [4.69, 9.17) is 4.74 Å². The molecule has 2 rings (SSSR count). The summed E-state index contributed by atoms with van der Waals surface area (Å²) < 4.78 is 22.4. The molecule has 0 heterocycles. The van der Waals surface area contributed by atoms with Gasteiger partial charge in [0.2, 0.25) is 0 Å². The average Bonchev–Trinajstić information content (AvgIpc) is 2.49. The molecule has 108 valence electrons. The van der Waals surface area contributed by atoms with Crippen molar-refractivity contribution in [3.8, 4) is 5.75 Å². The number of hydrogen-bond acceptors (Lipinski definition) is 4. The van der Waals surface area contributed by atoms with Crippen LogP contribution in [0.3, 0.4) is 0 Å². The lowest BCUT2D eigenvalue weighted by Crippen LogP contribution is -2.11. The second kappa shape index (κ2) is 6.65. The van der Waals surface area contributed by atoms with Crippen LogP contribution >= 0.6 is 0 Å². The van der Waals surface area contributed by atoms with Gasteiger partial charge in [-0.2, -0.15) is 0 Å². The number of carbonyl (C=O) groups excluding carboxylic acids is 2. The standard InChI is InChI=1S/C16H13FO4/c1-20-16(19)12-4-8-14(9-5-12)21-15(18)10-11-2-6-13(17)7-3-11/h2-9H,10H2,1H3. The fraction of sp³-hybridized carbons (Fsp3) is 0.125. The van der Waals surface area contributed by atoms with E-state index in [2.05, 4.69) is 4.74 Å². The van der Waals surface area contributed by atoms with Crippen molar-refractivity contribution in [2.45, 2.75) is 6.42 Å². The average molecular weight is 288 g/mol. The normalized spacial score (nSPS) is 10.0. The molecular weight excluding hydrogens is 275 g/mol. The van der Waals surface area contributed by atoms with Crippen LogP contribution in [0.25, 0.3) is 0 Å². The fourth-order valence-electron chi connectivity index (χ4n) is 1.71. The Balaban J connectivity index is 1.96. The molecular formula is C16H13FO4. The zero-order valence-electron chi connectivity index (χ0n) is 11.3. The van der Waals surface area contributed by atoms with Crippen LogP contribution in [0.1, 0.15) is 15.9 Å². The van der Waals surface area contributed by atoms with Crippen LogP contribution in [0.5, 0.6) is 5.75 Å². The van der Waals surface area contributed by atoms with E-state index in [0.29, 0.717) is 16.9 Å². The van der Waals surface area contributed by atoms with Crippen molar-refractivity contribution >= 4 is 11.9 Å². The highest BCUT2D eigenvalue weighted by molar-refractivity contribution is 5.89. The number of hydrogen-bond donors (Lipinski definition) is 0. The number of halogens is 1. The second-order valence-corrected chi connectivity index (χ2v) is 4.29. The maximum atomic E-state index is 12.7. The van der Waals surface area contributed by atoms with E-state index in [-0.39, 0.29) is 12.2 Å². The predicted molar refractivity (Wildman–Crippen MR) is 73.5 cm³/mol. The Labute approximate surface area is 121 Å². The summed E-state index contributed by atoms with van der Waals surface area (Å²) in [6.45, 7) is 0. The SMILES string of the molecule is COC(=O)c1ccc(OC(=O)Cc2ccc(F)cc2)cc1. The summed E-state index contributed by atoms with van der Waals surface area (Å²) in [5.74, 6) is -0.952. The third-order valence-electron chi connectivity index (χ3n) is 2.77. The first kappa shape index (κ1) is 14.7. The third kappa shape index (κ3) is 4.14. The van der Waals surface area contributed by atoms with E-state index in [1.807, 2.05) is 0 Å². The van der Waals surface area contributed by atoms with Gasteiger partial charge in [-0.3, -0.25) is 4.79 Å². The molecule has 0 spiro atoms. The van der Waals surface area contributed by atoms with Gasteiger partial charge in [0.15, 0.2) is 0 Å². The molecule has 0 N–H and O–H groups in total. The molecule has 0 amide bonds. The molecule has 0 aliphatic heterocycles. The molecule has 0 radical (unpaired) electrons. The molecule has 0 atom stereocenters. The summed E-state index contributed by atoms with van der Waals surface area (Å²) in [5, 5.41) is 0.